The van der Waals surface area contributed by atoms with Gasteiger partial charge in [-0.2, -0.15) is 0 Å². The molecule has 0 radical (unpaired) electrons. The number of hydrogen-bond donors (Lipinski definition) is 1. The van der Waals surface area contributed by atoms with Gasteiger partial charge in [0.15, 0.2) is 11.3 Å². The highest BCUT2D eigenvalue weighted by molar-refractivity contribution is 6.13. The normalized spacial score (nSPS) is 15.8. The van der Waals surface area contributed by atoms with Gasteiger partial charge in [-0.05, 0) is 51.8 Å². The summed E-state index contributed by atoms with van der Waals surface area (Å²) in [6.45, 7) is 9.93. The van der Waals surface area contributed by atoms with Crippen LogP contribution in [-0.2, 0) is 15.1 Å². The summed E-state index contributed by atoms with van der Waals surface area (Å²) in [5.41, 5.74) is 4.19. The van der Waals surface area contributed by atoms with Gasteiger partial charge in [0.1, 0.15) is 0 Å². The van der Waals surface area contributed by atoms with Crippen molar-refractivity contribution in [2.24, 2.45) is 0 Å². The van der Waals surface area contributed by atoms with Gasteiger partial charge >= 0.3 is 6.03 Å². The number of imide groups is 1. The van der Waals surface area contributed by atoms with Crippen molar-refractivity contribution in [1.82, 2.24) is 14.8 Å². The topological polar surface area (TPSA) is 80.6 Å². The maximum Gasteiger partial charge on any atom is 0.325 e. The van der Waals surface area contributed by atoms with Crippen LogP contribution in [0.5, 0.6) is 0 Å². The lowest BCUT2D eigenvalue weighted by Gasteiger charge is -2.28. The minimum absolute atomic E-state index is 0.0454. The predicted molar refractivity (Wildman–Crippen MR) is 138 cm³/mol. The highest BCUT2D eigenvalue weighted by Crippen LogP contribution is 2.36. The lowest BCUT2D eigenvalue weighted by Crippen LogP contribution is -2.45. The molecule has 0 spiro atoms. The molecule has 7 nitrogen and oxygen atoms in total. The number of rotatable bonds is 8. The smallest absolute Gasteiger partial charge is 0.325 e. The first-order valence-corrected chi connectivity index (χ1v) is 12.1. The standard InChI is InChI=1S/C29H33N3O4/c1-18-7-11-23(12-8-18)29(24-13-9-19(2)10-14-24)27(34)31(28(35)30-29)16-26(33)25-15-20(3)32(22(25)5)21(4)17-36-6/h7-15,21H,16-17H2,1-6H3,(H,30,35)/t21-/m0/s1. The van der Waals surface area contributed by atoms with Crippen molar-refractivity contribution in [3.05, 3.63) is 93.8 Å². The van der Waals surface area contributed by atoms with E-state index in [1.54, 1.807) is 7.11 Å². The maximum absolute atomic E-state index is 14.0. The number of urea groups is 1. The Morgan fingerprint density at radius 2 is 1.47 bits per heavy atom. The van der Waals surface area contributed by atoms with Crippen molar-refractivity contribution >= 4 is 17.7 Å². The number of Topliss-reactive ketones (excluding diaryl/α,β-unsaturated/α-hetero) is 1. The third-order valence-electron chi connectivity index (χ3n) is 7.01. The summed E-state index contributed by atoms with van der Waals surface area (Å²) in [6, 6.07) is 16.3. The lowest BCUT2D eigenvalue weighted by atomic mass is 9.82. The van der Waals surface area contributed by atoms with Crippen LogP contribution in [0.25, 0.3) is 0 Å². The van der Waals surface area contributed by atoms with Crippen molar-refractivity contribution in [2.75, 3.05) is 20.3 Å². The highest BCUT2D eigenvalue weighted by Gasteiger charge is 2.54. The molecule has 4 rings (SSSR count). The van der Waals surface area contributed by atoms with E-state index in [1.807, 2.05) is 93.8 Å². The lowest BCUT2D eigenvalue weighted by molar-refractivity contribution is -0.129. The van der Waals surface area contributed by atoms with E-state index in [0.717, 1.165) is 27.4 Å². The molecule has 7 heteroatoms. The average Bonchev–Trinajstić information content (AvgIpc) is 3.28. The maximum atomic E-state index is 14.0. The molecule has 2 heterocycles. The quantitative estimate of drug-likeness (QED) is 0.372. The minimum atomic E-state index is -1.40. The molecule has 36 heavy (non-hydrogen) atoms. The van der Waals surface area contributed by atoms with E-state index in [1.165, 1.54) is 0 Å². The number of nitrogens with one attached hydrogen (secondary N) is 1. The Hall–Kier alpha value is -3.71. The van der Waals surface area contributed by atoms with Gasteiger partial charge in [-0.3, -0.25) is 14.5 Å². The van der Waals surface area contributed by atoms with Gasteiger partial charge < -0.3 is 14.6 Å². The summed E-state index contributed by atoms with van der Waals surface area (Å²) in [5, 5.41) is 2.93. The van der Waals surface area contributed by atoms with Gasteiger partial charge in [0.05, 0.1) is 19.2 Å². The van der Waals surface area contributed by atoms with Crippen molar-refractivity contribution < 1.29 is 19.1 Å². The summed E-state index contributed by atoms with van der Waals surface area (Å²) in [4.78, 5) is 41.7. The molecule has 2 aromatic carbocycles. The number of benzene rings is 2. The molecule has 1 aromatic heterocycles. The fraction of sp³-hybridized carbons (Fsp3) is 0.345. The molecule has 0 aliphatic carbocycles. The molecule has 1 fully saturated rings. The number of methoxy groups -OCH3 is 1. The number of carbonyl (C=O) groups is 3. The van der Waals surface area contributed by atoms with E-state index in [2.05, 4.69) is 5.32 Å². The molecule has 3 aromatic rings. The van der Waals surface area contributed by atoms with Crippen LogP contribution in [0.1, 0.15) is 57.0 Å². The van der Waals surface area contributed by atoms with Gasteiger partial charge in [-0.15, -0.1) is 0 Å². The molecule has 1 N–H and O–H groups in total. The van der Waals surface area contributed by atoms with Crippen LogP contribution >= 0.6 is 0 Å². The Labute approximate surface area is 212 Å². The Balaban J connectivity index is 1.71. The molecule has 1 atom stereocenters. The first kappa shape index (κ1) is 25.4. The third-order valence-corrected chi connectivity index (χ3v) is 7.01. The third kappa shape index (κ3) is 4.24. The SMILES string of the molecule is COC[C@H](C)n1c(C)cc(C(=O)CN2C(=O)NC(c3ccc(C)cc3)(c3ccc(C)cc3)C2=O)c1C. The van der Waals surface area contributed by atoms with Crippen LogP contribution < -0.4 is 5.32 Å². The van der Waals surface area contributed by atoms with Gasteiger partial charge in [-0.1, -0.05) is 59.7 Å². The monoisotopic (exact) mass is 487 g/mol. The zero-order chi connectivity index (χ0) is 26.2. The number of aryl methyl sites for hydroxylation is 3. The van der Waals surface area contributed by atoms with E-state index in [-0.39, 0.29) is 18.4 Å². The Bertz CT molecular complexity index is 1260. The van der Waals surface area contributed by atoms with Crippen molar-refractivity contribution in [3.8, 4) is 0 Å². The number of ketones is 1. The summed E-state index contributed by atoms with van der Waals surface area (Å²) in [7, 11) is 1.64. The van der Waals surface area contributed by atoms with Crippen LogP contribution in [0.4, 0.5) is 4.79 Å². The van der Waals surface area contributed by atoms with E-state index < -0.39 is 17.5 Å². The number of ether oxygens (including phenoxy) is 1. The van der Waals surface area contributed by atoms with Gasteiger partial charge in [0.2, 0.25) is 0 Å². The summed E-state index contributed by atoms with van der Waals surface area (Å²) in [5.74, 6) is -0.749. The molecule has 0 unspecified atom stereocenters. The Morgan fingerprint density at radius 3 is 1.97 bits per heavy atom. The molecule has 1 aliphatic rings. The second kappa shape index (κ2) is 9.74. The van der Waals surface area contributed by atoms with Crippen molar-refractivity contribution in [3.63, 3.8) is 0 Å². The van der Waals surface area contributed by atoms with Crippen LogP contribution in [0, 0.1) is 27.7 Å². The average molecular weight is 488 g/mol. The second-order valence-corrected chi connectivity index (χ2v) is 9.69. The molecule has 1 aliphatic heterocycles. The molecule has 188 valence electrons. The van der Waals surface area contributed by atoms with Crippen molar-refractivity contribution in [1.29, 1.82) is 0 Å². The van der Waals surface area contributed by atoms with Gasteiger partial charge in [0.25, 0.3) is 5.91 Å². The van der Waals surface area contributed by atoms with E-state index in [0.29, 0.717) is 23.3 Å². The zero-order valence-electron chi connectivity index (χ0n) is 21.7. The number of aromatic nitrogens is 1. The van der Waals surface area contributed by atoms with Crippen LogP contribution in [-0.4, -0.2) is 47.4 Å². The van der Waals surface area contributed by atoms with Gasteiger partial charge in [0, 0.05) is 24.1 Å². The molecule has 0 bridgehead atoms. The molecule has 3 amide bonds. The Morgan fingerprint density at radius 1 is 0.944 bits per heavy atom. The van der Waals surface area contributed by atoms with Crippen LogP contribution in [0.2, 0.25) is 0 Å². The van der Waals surface area contributed by atoms with E-state index in [9.17, 15) is 14.4 Å². The molecule has 0 saturated carbocycles. The van der Waals surface area contributed by atoms with E-state index in [4.69, 9.17) is 4.74 Å². The minimum Gasteiger partial charge on any atom is -0.383 e. The molecular formula is C29H33N3O4. The van der Waals surface area contributed by atoms with Crippen LogP contribution in [0.3, 0.4) is 0 Å². The fourth-order valence-corrected chi connectivity index (χ4v) is 5.17. The first-order chi connectivity index (χ1) is 17.1. The second-order valence-electron chi connectivity index (χ2n) is 9.69. The fourth-order valence-electron chi connectivity index (χ4n) is 5.17. The van der Waals surface area contributed by atoms with Crippen molar-refractivity contribution in [2.45, 2.75) is 46.2 Å². The van der Waals surface area contributed by atoms with E-state index >= 15 is 0 Å². The predicted octanol–water partition coefficient (Wildman–Crippen LogP) is 4.61. The number of hydrogen-bond acceptors (Lipinski definition) is 4. The zero-order valence-corrected chi connectivity index (χ0v) is 21.7. The first-order valence-electron chi connectivity index (χ1n) is 12.1. The van der Waals surface area contributed by atoms with Crippen LogP contribution in [0.15, 0.2) is 54.6 Å². The number of amides is 3. The molecule has 1 saturated heterocycles. The number of carbonyl (C=O) groups excluding carboxylic acids is 3. The number of nitrogens with zero attached hydrogens (tertiary/aromatic N) is 2. The summed E-state index contributed by atoms with van der Waals surface area (Å²) >= 11 is 0. The Kier molecular flexibility index (Phi) is 6.87. The largest absolute Gasteiger partial charge is 0.383 e. The molecular weight excluding hydrogens is 454 g/mol. The highest BCUT2D eigenvalue weighted by atomic mass is 16.5. The summed E-state index contributed by atoms with van der Waals surface area (Å²) < 4.78 is 7.33. The summed E-state index contributed by atoms with van der Waals surface area (Å²) in [6.07, 6.45) is 0. The van der Waals surface area contributed by atoms with Gasteiger partial charge in [-0.25, -0.2) is 4.79 Å².